The summed E-state index contributed by atoms with van der Waals surface area (Å²) in [6, 6.07) is 15.7. The van der Waals surface area contributed by atoms with E-state index in [9.17, 15) is 13.2 Å². The molecule has 1 amide bonds. The fourth-order valence-electron chi connectivity index (χ4n) is 2.38. The summed E-state index contributed by atoms with van der Waals surface area (Å²) in [6.07, 6.45) is 0.531. The standard InChI is InChI=1S/C19H20N4O4S2/c1-23(2)29(25,26)16-10-8-15(9-11-16)20-17(24)13-28-19-22-21-18(27-19)12-14-6-4-3-5-7-14/h3-11H,12-13H2,1-2H3,(H,20,24). The van der Waals surface area contributed by atoms with Crippen molar-refractivity contribution in [2.75, 3.05) is 25.2 Å². The normalized spacial score (nSPS) is 11.6. The lowest BCUT2D eigenvalue weighted by atomic mass is 10.2. The number of rotatable bonds is 8. The van der Waals surface area contributed by atoms with Crippen molar-refractivity contribution in [3.05, 3.63) is 66.1 Å². The van der Waals surface area contributed by atoms with Crippen LogP contribution in [0.5, 0.6) is 0 Å². The van der Waals surface area contributed by atoms with Crippen molar-refractivity contribution in [2.24, 2.45) is 0 Å². The summed E-state index contributed by atoms with van der Waals surface area (Å²) in [5.74, 6) is 0.308. The molecule has 0 bridgehead atoms. The van der Waals surface area contributed by atoms with Crippen molar-refractivity contribution < 1.29 is 17.6 Å². The van der Waals surface area contributed by atoms with Gasteiger partial charge in [0.2, 0.25) is 21.8 Å². The Morgan fingerprint density at radius 2 is 1.76 bits per heavy atom. The van der Waals surface area contributed by atoms with Gasteiger partial charge in [-0.3, -0.25) is 4.79 Å². The van der Waals surface area contributed by atoms with Gasteiger partial charge in [0.05, 0.1) is 17.1 Å². The number of thioether (sulfide) groups is 1. The average Bonchev–Trinajstić information content (AvgIpc) is 3.15. The Labute approximate surface area is 173 Å². The Morgan fingerprint density at radius 1 is 1.07 bits per heavy atom. The monoisotopic (exact) mass is 432 g/mol. The van der Waals surface area contributed by atoms with Gasteiger partial charge in [0.15, 0.2) is 0 Å². The minimum atomic E-state index is -3.50. The third kappa shape index (κ3) is 5.66. The number of carbonyl (C=O) groups is 1. The predicted octanol–water partition coefficient (Wildman–Crippen LogP) is 2.64. The van der Waals surface area contributed by atoms with Crippen LogP contribution in [0.25, 0.3) is 0 Å². The predicted molar refractivity (Wildman–Crippen MR) is 110 cm³/mol. The highest BCUT2D eigenvalue weighted by atomic mass is 32.2. The van der Waals surface area contributed by atoms with Crippen LogP contribution in [0.2, 0.25) is 0 Å². The molecule has 10 heteroatoms. The molecule has 3 rings (SSSR count). The maximum absolute atomic E-state index is 12.1. The van der Waals surface area contributed by atoms with Crippen molar-refractivity contribution in [1.82, 2.24) is 14.5 Å². The van der Waals surface area contributed by atoms with E-state index < -0.39 is 10.0 Å². The molecule has 0 fully saturated rings. The van der Waals surface area contributed by atoms with Crippen LogP contribution in [0.1, 0.15) is 11.5 Å². The number of hydrogen-bond acceptors (Lipinski definition) is 7. The van der Waals surface area contributed by atoms with Crippen LogP contribution < -0.4 is 5.32 Å². The molecule has 2 aromatic carbocycles. The Kier molecular flexibility index (Phi) is 6.68. The van der Waals surface area contributed by atoms with Crippen molar-refractivity contribution >= 4 is 33.4 Å². The fourth-order valence-corrected chi connectivity index (χ4v) is 3.87. The highest BCUT2D eigenvalue weighted by molar-refractivity contribution is 7.99. The van der Waals surface area contributed by atoms with Gasteiger partial charge in [0, 0.05) is 19.8 Å². The van der Waals surface area contributed by atoms with E-state index in [1.165, 1.54) is 26.2 Å². The summed E-state index contributed by atoms with van der Waals surface area (Å²) in [7, 11) is -0.573. The van der Waals surface area contributed by atoms with Crippen molar-refractivity contribution in [2.45, 2.75) is 16.5 Å². The van der Waals surface area contributed by atoms with E-state index in [0.717, 1.165) is 21.6 Å². The highest BCUT2D eigenvalue weighted by Gasteiger charge is 2.17. The molecule has 152 valence electrons. The van der Waals surface area contributed by atoms with Gasteiger partial charge in [0.1, 0.15) is 0 Å². The minimum Gasteiger partial charge on any atom is -0.416 e. The molecule has 1 aromatic heterocycles. The molecule has 0 saturated carbocycles. The van der Waals surface area contributed by atoms with E-state index in [0.29, 0.717) is 23.2 Å². The lowest BCUT2D eigenvalue weighted by Gasteiger charge is -2.11. The summed E-state index contributed by atoms with van der Waals surface area (Å²) in [4.78, 5) is 12.3. The van der Waals surface area contributed by atoms with Crippen molar-refractivity contribution in [3.8, 4) is 0 Å². The molecule has 3 aromatic rings. The minimum absolute atomic E-state index is 0.0880. The Morgan fingerprint density at radius 3 is 2.41 bits per heavy atom. The second kappa shape index (κ2) is 9.21. The zero-order valence-electron chi connectivity index (χ0n) is 15.9. The molecule has 29 heavy (non-hydrogen) atoms. The van der Waals surface area contributed by atoms with Crippen LogP contribution >= 0.6 is 11.8 Å². The molecular weight excluding hydrogens is 412 g/mol. The van der Waals surface area contributed by atoms with Gasteiger partial charge in [-0.05, 0) is 29.8 Å². The summed E-state index contributed by atoms with van der Waals surface area (Å²) in [5.41, 5.74) is 1.56. The lowest BCUT2D eigenvalue weighted by Crippen LogP contribution is -2.22. The number of nitrogens with one attached hydrogen (secondary N) is 1. The van der Waals surface area contributed by atoms with Gasteiger partial charge < -0.3 is 9.73 Å². The Hall–Kier alpha value is -2.69. The van der Waals surface area contributed by atoms with E-state index in [4.69, 9.17) is 4.42 Å². The van der Waals surface area contributed by atoms with Crippen LogP contribution in [0.15, 0.2) is 69.1 Å². The largest absolute Gasteiger partial charge is 0.416 e. The number of anilines is 1. The van der Waals surface area contributed by atoms with E-state index in [2.05, 4.69) is 15.5 Å². The van der Waals surface area contributed by atoms with Crippen molar-refractivity contribution in [1.29, 1.82) is 0 Å². The van der Waals surface area contributed by atoms with Crippen LogP contribution in [0.3, 0.4) is 0 Å². The van der Waals surface area contributed by atoms with Gasteiger partial charge in [-0.2, -0.15) is 0 Å². The van der Waals surface area contributed by atoms with E-state index in [-0.39, 0.29) is 16.6 Å². The second-order valence-electron chi connectivity index (χ2n) is 6.27. The molecule has 0 radical (unpaired) electrons. The second-order valence-corrected chi connectivity index (χ2v) is 9.35. The summed E-state index contributed by atoms with van der Waals surface area (Å²) < 4.78 is 30.8. The van der Waals surface area contributed by atoms with Gasteiger partial charge >= 0.3 is 0 Å². The van der Waals surface area contributed by atoms with Gasteiger partial charge in [-0.15, -0.1) is 10.2 Å². The summed E-state index contributed by atoms with van der Waals surface area (Å²) in [5, 5.41) is 11.0. The zero-order valence-corrected chi connectivity index (χ0v) is 17.5. The number of aromatic nitrogens is 2. The highest BCUT2D eigenvalue weighted by Crippen LogP contribution is 2.20. The van der Waals surface area contributed by atoms with Crippen LogP contribution in [-0.2, 0) is 21.2 Å². The third-order valence-electron chi connectivity index (χ3n) is 3.89. The molecule has 0 aliphatic rings. The quantitative estimate of drug-likeness (QED) is 0.546. The maximum Gasteiger partial charge on any atom is 0.277 e. The zero-order chi connectivity index (χ0) is 20.9. The van der Waals surface area contributed by atoms with Gasteiger partial charge in [-0.1, -0.05) is 42.1 Å². The molecule has 1 heterocycles. The van der Waals surface area contributed by atoms with Gasteiger partial charge in [-0.25, -0.2) is 12.7 Å². The fraction of sp³-hybridized carbons (Fsp3) is 0.211. The van der Waals surface area contributed by atoms with E-state index >= 15 is 0 Å². The molecule has 0 spiro atoms. The molecule has 0 unspecified atom stereocenters. The third-order valence-corrected chi connectivity index (χ3v) is 6.54. The molecule has 8 nitrogen and oxygen atoms in total. The van der Waals surface area contributed by atoms with Gasteiger partial charge in [0.25, 0.3) is 5.22 Å². The number of benzene rings is 2. The first-order chi connectivity index (χ1) is 13.8. The first-order valence-corrected chi connectivity index (χ1v) is 11.1. The molecule has 0 atom stereocenters. The molecular formula is C19H20N4O4S2. The Balaban J connectivity index is 1.51. The number of carbonyl (C=O) groups excluding carboxylic acids is 1. The SMILES string of the molecule is CN(C)S(=O)(=O)c1ccc(NC(=O)CSc2nnc(Cc3ccccc3)o2)cc1. The Bertz CT molecular complexity index is 1070. The van der Waals surface area contributed by atoms with E-state index in [1.807, 2.05) is 30.3 Å². The van der Waals surface area contributed by atoms with Crippen molar-refractivity contribution in [3.63, 3.8) is 0 Å². The molecule has 0 aliphatic heterocycles. The lowest BCUT2D eigenvalue weighted by molar-refractivity contribution is -0.113. The number of hydrogen-bond donors (Lipinski definition) is 1. The van der Waals surface area contributed by atoms with Crippen LogP contribution in [0.4, 0.5) is 5.69 Å². The topological polar surface area (TPSA) is 105 Å². The molecule has 0 saturated heterocycles. The number of sulfonamides is 1. The maximum atomic E-state index is 12.1. The van der Waals surface area contributed by atoms with Crippen LogP contribution in [-0.4, -0.2) is 48.7 Å². The summed E-state index contributed by atoms with van der Waals surface area (Å²) in [6.45, 7) is 0. The van der Waals surface area contributed by atoms with E-state index in [1.54, 1.807) is 12.1 Å². The molecule has 1 N–H and O–H groups in total. The number of amides is 1. The smallest absolute Gasteiger partial charge is 0.277 e. The van der Waals surface area contributed by atoms with Crippen LogP contribution in [0, 0.1) is 0 Å². The molecule has 0 aliphatic carbocycles. The first-order valence-electron chi connectivity index (χ1n) is 8.66. The summed E-state index contributed by atoms with van der Waals surface area (Å²) >= 11 is 1.14. The first kappa shape index (κ1) is 21.0. The number of nitrogens with zero attached hydrogens (tertiary/aromatic N) is 3. The average molecular weight is 433 g/mol.